The van der Waals surface area contributed by atoms with Crippen LogP contribution in [0, 0.1) is 6.92 Å². The number of nitrogens with zero attached hydrogens (tertiary/aromatic N) is 3. The van der Waals surface area contributed by atoms with Crippen LogP contribution < -0.4 is 15.4 Å². The second-order valence-electron chi connectivity index (χ2n) is 5.75. The number of urea groups is 1. The van der Waals surface area contributed by atoms with Crippen LogP contribution in [0.5, 0.6) is 5.88 Å². The van der Waals surface area contributed by atoms with Crippen molar-refractivity contribution in [1.82, 2.24) is 25.4 Å². The number of hydrogen-bond donors (Lipinski definition) is 2. The van der Waals surface area contributed by atoms with Gasteiger partial charge in [-0.1, -0.05) is 13.0 Å². The van der Waals surface area contributed by atoms with Crippen molar-refractivity contribution in [3.63, 3.8) is 0 Å². The van der Waals surface area contributed by atoms with Crippen molar-refractivity contribution in [3.8, 4) is 5.88 Å². The lowest BCUT2D eigenvalue weighted by molar-refractivity contribution is 0.237. The average molecular weight is 331 g/mol. The Morgan fingerprint density at radius 2 is 2.21 bits per heavy atom. The summed E-state index contributed by atoms with van der Waals surface area (Å²) in [5.74, 6) is 0.603. The Balaban J connectivity index is 1.81. The molecule has 0 aliphatic rings. The number of pyridine rings is 1. The standard InChI is InChI=1S/C17H25N5O2/c1-5-8-24-16-7-6-14(9-18-16)10-19-17(23)20-12(2)15-11-22(4)21-13(15)3/h6-7,9,11-12H,5,8,10H2,1-4H3,(H2,19,20,23). The van der Waals surface area contributed by atoms with Crippen LogP contribution in [-0.4, -0.2) is 27.4 Å². The molecule has 0 bridgehead atoms. The maximum atomic E-state index is 12.0. The van der Waals surface area contributed by atoms with Crippen molar-refractivity contribution >= 4 is 6.03 Å². The topological polar surface area (TPSA) is 81.1 Å². The Morgan fingerprint density at radius 1 is 1.42 bits per heavy atom. The number of carbonyl (C=O) groups is 1. The number of nitrogens with one attached hydrogen (secondary N) is 2. The molecule has 2 rings (SSSR count). The molecule has 2 N–H and O–H groups in total. The molecule has 0 aromatic carbocycles. The number of rotatable bonds is 7. The summed E-state index contributed by atoms with van der Waals surface area (Å²) >= 11 is 0. The molecule has 2 aromatic heterocycles. The van der Waals surface area contributed by atoms with Crippen molar-refractivity contribution in [1.29, 1.82) is 0 Å². The van der Waals surface area contributed by atoms with E-state index >= 15 is 0 Å². The molecule has 0 spiro atoms. The minimum Gasteiger partial charge on any atom is -0.478 e. The molecule has 2 aromatic rings. The lowest BCUT2D eigenvalue weighted by Crippen LogP contribution is -2.36. The van der Waals surface area contributed by atoms with Crippen molar-refractivity contribution in [2.45, 2.75) is 39.8 Å². The van der Waals surface area contributed by atoms with E-state index in [9.17, 15) is 4.79 Å². The summed E-state index contributed by atoms with van der Waals surface area (Å²) in [6.45, 7) is 6.97. The molecule has 1 atom stereocenters. The van der Waals surface area contributed by atoms with Gasteiger partial charge < -0.3 is 15.4 Å². The molecule has 24 heavy (non-hydrogen) atoms. The van der Waals surface area contributed by atoms with Crippen LogP contribution in [0.15, 0.2) is 24.5 Å². The fourth-order valence-electron chi connectivity index (χ4n) is 2.36. The maximum Gasteiger partial charge on any atom is 0.315 e. The van der Waals surface area contributed by atoms with E-state index in [0.717, 1.165) is 23.2 Å². The molecule has 2 amide bonds. The Kier molecular flexibility index (Phi) is 6.17. The van der Waals surface area contributed by atoms with Gasteiger partial charge in [0, 0.05) is 37.6 Å². The first-order valence-corrected chi connectivity index (χ1v) is 8.11. The number of ether oxygens (including phenoxy) is 1. The average Bonchev–Trinajstić information content (AvgIpc) is 2.90. The summed E-state index contributed by atoms with van der Waals surface area (Å²) in [6, 6.07) is 3.37. The largest absolute Gasteiger partial charge is 0.478 e. The fourth-order valence-corrected chi connectivity index (χ4v) is 2.36. The summed E-state index contributed by atoms with van der Waals surface area (Å²) in [4.78, 5) is 16.2. The molecule has 0 saturated heterocycles. The van der Waals surface area contributed by atoms with Crippen LogP contribution in [0.4, 0.5) is 4.79 Å². The van der Waals surface area contributed by atoms with Gasteiger partial charge in [0.2, 0.25) is 5.88 Å². The minimum absolute atomic E-state index is 0.110. The van der Waals surface area contributed by atoms with E-state index in [4.69, 9.17) is 4.74 Å². The van der Waals surface area contributed by atoms with Crippen molar-refractivity contribution < 1.29 is 9.53 Å². The van der Waals surface area contributed by atoms with Gasteiger partial charge in [-0.15, -0.1) is 0 Å². The number of hydrogen-bond acceptors (Lipinski definition) is 4. The zero-order valence-corrected chi connectivity index (χ0v) is 14.7. The lowest BCUT2D eigenvalue weighted by Gasteiger charge is -2.14. The van der Waals surface area contributed by atoms with Gasteiger partial charge in [-0.05, 0) is 25.8 Å². The van der Waals surface area contributed by atoms with Gasteiger partial charge >= 0.3 is 6.03 Å². The van der Waals surface area contributed by atoms with E-state index in [2.05, 4.69) is 20.7 Å². The quantitative estimate of drug-likeness (QED) is 0.817. The number of carbonyl (C=O) groups excluding carboxylic acids is 1. The number of aryl methyl sites for hydroxylation is 2. The van der Waals surface area contributed by atoms with Crippen molar-refractivity contribution in [2.75, 3.05) is 6.61 Å². The van der Waals surface area contributed by atoms with Gasteiger partial charge in [0.25, 0.3) is 0 Å². The lowest BCUT2D eigenvalue weighted by atomic mass is 10.1. The first-order valence-electron chi connectivity index (χ1n) is 8.11. The second kappa shape index (κ2) is 8.33. The van der Waals surface area contributed by atoms with E-state index in [0.29, 0.717) is 19.0 Å². The minimum atomic E-state index is -0.225. The van der Waals surface area contributed by atoms with Gasteiger partial charge in [0.05, 0.1) is 18.3 Å². The first-order chi connectivity index (χ1) is 11.5. The van der Waals surface area contributed by atoms with Gasteiger partial charge in [-0.2, -0.15) is 5.10 Å². The van der Waals surface area contributed by atoms with Crippen LogP contribution in [-0.2, 0) is 13.6 Å². The molecule has 0 aliphatic heterocycles. The van der Waals surface area contributed by atoms with Crippen LogP contribution in [0.3, 0.4) is 0 Å². The van der Waals surface area contributed by atoms with E-state index < -0.39 is 0 Å². The van der Waals surface area contributed by atoms with E-state index in [1.165, 1.54) is 0 Å². The Morgan fingerprint density at radius 3 is 2.79 bits per heavy atom. The molecule has 7 nitrogen and oxygen atoms in total. The highest BCUT2D eigenvalue weighted by Crippen LogP contribution is 2.15. The summed E-state index contributed by atoms with van der Waals surface area (Å²) in [6.07, 6.45) is 4.57. The molecule has 130 valence electrons. The Labute approximate surface area is 142 Å². The van der Waals surface area contributed by atoms with E-state index in [1.54, 1.807) is 10.9 Å². The van der Waals surface area contributed by atoms with Crippen LogP contribution in [0.2, 0.25) is 0 Å². The Hall–Kier alpha value is -2.57. The number of aromatic nitrogens is 3. The fraction of sp³-hybridized carbons (Fsp3) is 0.471. The summed E-state index contributed by atoms with van der Waals surface area (Å²) in [7, 11) is 1.87. The van der Waals surface area contributed by atoms with Gasteiger partial charge in [0.1, 0.15) is 0 Å². The molecule has 2 heterocycles. The van der Waals surface area contributed by atoms with Crippen LogP contribution in [0.25, 0.3) is 0 Å². The van der Waals surface area contributed by atoms with Crippen LogP contribution >= 0.6 is 0 Å². The molecule has 0 aliphatic carbocycles. The smallest absolute Gasteiger partial charge is 0.315 e. The third kappa shape index (κ3) is 4.97. The molecule has 0 saturated carbocycles. The van der Waals surface area contributed by atoms with Gasteiger partial charge in [-0.25, -0.2) is 9.78 Å². The third-order valence-electron chi connectivity index (χ3n) is 3.57. The van der Waals surface area contributed by atoms with Crippen molar-refractivity contribution in [3.05, 3.63) is 41.3 Å². The normalized spacial score (nSPS) is 11.8. The maximum absolute atomic E-state index is 12.0. The highest BCUT2D eigenvalue weighted by atomic mass is 16.5. The highest BCUT2D eigenvalue weighted by molar-refractivity contribution is 5.74. The molecule has 0 fully saturated rings. The molecular formula is C17H25N5O2. The molecule has 7 heteroatoms. The van der Waals surface area contributed by atoms with E-state index in [1.807, 2.05) is 46.1 Å². The summed E-state index contributed by atoms with van der Waals surface area (Å²) in [5, 5.41) is 10.0. The van der Waals surface area contributed by atoms with Gasteiger partial charge in [-0.3, -0.25) is 4.68 Å². The predicted octanol–water partition coefficient (Wildman–Crippen LogP) is 2.47. The van der Waals surface area contributed by atoms with Crippen LogP contribution in [0.1, 0.15) is 43.1 Å². The van der Waals surface area contributed by atoms with E-state index in [-0.39, 0.29) is 12.1 Å². The SMILES string of the molecule is CCCOc1ccc(CNC(=O)NC(C)c2cn(C)nc2C)cn1. The predicted molar refractivity (Wildman–Crippen MR) is 91.8 cm³/mol. The van der Waals surface area contributed by atoms with Crippen molar-refractivity contribution in [2.24, 2.45) is 7.05 Å². The summed E-state index contributed by atoms with van der Waals surface area (Å²) < 4.78 is 7.18. The Bertz CT molecular complexity index is 666. The summed E-state index contributed by atoms with van der Waals surface area (Å²) in [5.41, 5.74) is 2.84. The monoisotopic (exact) mass is 331 g/mol. The third-order valence-corrected chi connectivity index (χ3v) is 3.57. The highest BCUT2D eigenvalue weighted by Gasteiger charge is 2.14. The molecule has 1 unspecified atom stereocenters. The second-order valence-corrected chi connectivity index (χ2v) is 5.75. The zero-order chi connectivity index (χ0) is 17.5. The van der Waals surface area contributed by atoms with Gasteiger partial charge in [0.15, 0.2) is 0 Å². The zero-order valence-electron chi connectivity index (χ0n) is 14.7. The molecular weight excluding hydrogens is 306 g/mol. The number of amides is 2. The first kappa shape index (κ1) is 17.8. The molecule has 0 radical (unpaired) electrons.